The summed E-state index contributed by atoms with van der Waals surface area (Å²) in [6, 6.07) is 17.9. The quantitative estimate of drug-likeness (QED) is 0.515. The molecular weight excluding hydrogens is 368 g/mol. The molecule has 4 aromatic rings. The molecule has 0 fully saturated rings. The van der Waals surface area contributed by atoms with Crippen LogP contribution >= 0.6 is 11.3 Å². The molecule has 0 radical (unpaired) electrons. The molecule has 1 amide bonds. The third kappa shape index (κ3) is 4.35. The van der Waals surface area contributed by atoms with Crippen molar-refractivity contribution < 1.29 is 4.79 Å². The van der Waals surface area contributed by atoms with E-state index in [0.717, 1.165) is 28.9 Å². The number of aromatic nitrogens is 3. The lowest BCUT2D eigenvalue weighted by molar-refractivity contribution is -0.121. The van der Waals surface area contributed by atoms with E-state index in [1.807, 2.05) is 64.8 Å². The number of carbonyl (C=O) groups excluding carboxylic acids is 1. The van der Waals surface area contributed by atoms with Crippen molar-refractivity contribution in [2.45, 2.75) is 19.4 Å². The van der Waals surface area contributed by atoms with E-state index < -0.39 is 0 Å². The number of aryl methyl sites for hydroxylation is 1. The molecule has 1 aromatic carbocycles. The Labute approximate surface area is 167 Å². The van der Waals surface area contributed by atoms with Crippen LogP contribution in [-0.4, -0.2) is 20.7 Å². The molecular formula is C22H20N4OS. The summed E-state index contributed by atoms with van der Waals surface area (Å²) in [5.41, 5.74) is 3.78. The molecule has 0 aliphatic heterocycles. The highest BCUT2D eigenvalue weighted by Gasteiger charge is 2.13. The molecule has 0 unspecified atom stereocenters. The number of pyridine rings is 1. The Kier molecular flexibility index (Phi) is 5.58. The van der Waals surface area contributed by atoms with Crippen LogP contribution in [0.15, 0.2) is 78.6 Å². The van der Waals surface area contributed by atoms with E-state index in [9.17, 15) is 4.79 Å². The van der Waals surface area contributed by atoms with Gasteiger partial charge in [-0.25, -0.2) is 4.68 Å². The summed E-state index contributed by atoms with van der Waals surface area (Å²) in [4.78, 5) is 17.6. The van der Waals surface area contributed by atoms with Gasteiger partial charge < -0.3 is 5.32 Å². The fourth-order valence-corrected chi connectivity index (χ4v) is 3.69. The van der Waals surface area contributed by atoms with Crippen LogP contribution in [0.2, 0.25) is 0 Å². The van der Waals surface area contributed by atoms with Gasteiger partial charge in [-0.3, -0.25) is 9.78 Å². The topological polar surface area (TPSA) is 59.8 Å². The Balaban J connectivity index is 1.51. The Morgan fingerprint density at radius 2 is 1.86 bits per heavy atom. The van der Waals surface area contributed by atoms with Crippen molar-refractivity contribution in [2.75, 3.05) is 0 Å². The highest BCUT2D eigenvalue weighted by Crippen LogP contribution is 2.23. The minimum Gasteiger partial charge on any atom is -0.352 e. The Morgan fingerprint density at radius 1 is 1.04 bits per heavy atom. The van der Waals surface area contributed by atoms with E-state index in [4.69, 9.17) is 5.10 Å². The van der Waals surface area contributed by atoms with Crippen molar-refractivity contribution in [1.29, 1.82) is 0 Å². The second kappa shape index (κ2) is 8.63. The standard InChI is InChI=1S/C22H20N4OS/c27-21(9-8-20-7-4-14-28-20)24-15-18-16-26(19-5-2-1-3-6-19)25-22(18)17-10-12-23-13-11-17/h1-7,10-14,16H,8-9,15H2,(H,24,27). The van der Waals surface area contributed by atoms with Crippen LogP contribution < -0.4 is 5.32 Å². The molecule has 140 valence electrons. The van der Waals surface area contributed by atoms with Crippen LogP contribution in [0, 0.1) is 0 Å². The monoisotopic (exact) mass is 388 g/mol. The highest BCUT2D eigenvalue weighted by atomic mass is 32.1. The van der Waals surface area contributed by atoms with Crippen LogP contribution in [0.4, 0.5) is 0 Å². The minimum absolute atomic E-state index is 0.0431. The van der Waals surface area contributed by atoms with Crippen molar-refractivity contribution in [2.24, 2.45) is 0 Å². The number of amides is 1. The second-order valence-corrected chi connectivity index (χ2v) is 7.41. The van der Waals surface area contributed by atoms with Gasteiger partial charge in [-0.2, -0.15) is 5.10 Å². The van der Waals surface area contributed by atoms with Crippen LogP contribution in [0.5, 0.6) is 0 Å². The Morgan fingerprint density at radius 3 is 2.61 bits per heavy atom. The molecule has 0 aliphatic rings. The lowest BCUT2D eigenvalue weighted by Crippen LogP contribution is -2.23. The van der Waals surface area contributed by atoms with E-state index in [-0.39, 0.29) is 5.91 Å². The van der Waals surface area contributed by atoms with Crippen molar-refractivity contribution in [3.63, 3.8) is 0 Å². The molecule has 3 aromatic heterocycles. The zero-order valence-corrected chi connectivity index (χ0v) is 16.1. The van der Waals surface area contributed by atoms with Gasteiger partial charge in [-0.05, 0) is 42.1 Å². The maximum Gasteiger partial charge on any atom is 0.220 e. The molecule has 0 aliphatic carbocycles. The fraction of sp³-hybridized carbons (Fsp3) is 0.136. The normalized spacial score (nSPS) is 10.7. The van der Waals surface area contributed by atoms with Crippen LogP contribution in [0.3, 0.4) is 0 Å². The summed E-state index contributed by atoms with van der Waals surface area (Å²) < 4.78 is 1.85. The summed E-state index contributed by atoms with van der Waals surface area (Å²) >= 11 is 1.68. The zero-order valence-electron chi connectivity index (χ0n) is 15.3. The first-order chi connectivity index (χ1) is 13.8. The molecule has 6 heteroatoms. The van der Waals surface area contributed by atoms with Gasteiger partial charge in [0.25, 0.3) is 0 Å². The van der Waals surface area contributed by atoms with Crippen molar-refractivity contribution >= 4 is 17.2 Å². The van der Waals surface area contributed by atoms with Gasteiger partial charge in [-0.15, -0.1) is 11.3 Å². The summed E-state index contributed by atoms with van der Waals surface area (Å²) in [6.45, 7) is 0.438. The van der Waals surface area contributed by atoms with Crippen LogP contribution in [0.1, 0.15) is 16.9 Å². The highest BCUT2D eigenvalue weighted by molar-refractivity contribution is 7.09. The number of nitrogens with zero attached hydrogens (tertiary/aromatic N) is 3. The first-order valence-electron chi connectivity index (χ1n) is 9.13. The molecule has 0 saturated carbocycles. The molecule has 0 saturated heterocycles. The van der Waals surface area contributed by atoms with E-state index >= 15 is 0 Å². The Bertz CT molecular complexity index is 1030. The average molecular weight is 388 g/mol. The molecule has 4 rings (SSSR count). The largest absolute Gasteiger partial charge is 0.352 e. The molecule has 28 heavy (non-hydrogen) atoms. The molecule has 0 atom stereocenters. The third-order valence-corrected chi connectivity index (χ3v) is 5.36. The van der Waals surface area contributed by atoms with Gasteiger partial charge >= 0.3 is 0 Å². The second-order valence-electron chi connectivity index (χ2n) is 6.38. The number of benzene rings is 1. The number of rotatable bonds is 7. The predicted octanol–water partition coefficient (Wildman–Crippen LogP) is 4.24. The SMILES string of the molecule is O=C(CCc1cccs1)NCc1cn(-c2ccccc2)nc1-c1ccncc1. The van der Waals surface area contributed by atoms with Crippen LogP contribution in [0.25, 0.3) is 16.9 Å². The van der Waals surface area contributed by atoms with Gasteiger partial charge in [0.1, 0.15) is 0 Å². The van der Waals surface area contributed by atoms with E-state index in [1.165, 1.54) is 4.88 Å². The van der Waals surface area contributed by atoms with Crippen molar-refractivity contribution in [1.82, 2.24) is 20.1 Å². The van der Waals surface area contributed by atoms with E-state index in [1.54, 1.807) is 23.7 Å². The molecule has 5 nitrogen and oxygen atoms in total. The van der Waals surface area contributed by atoms with E-state index in [2.05, 4.69) is 16.4 Å². The van der Waals surface area contributed by atoms with Crippen molar-refractivity contribution in [3.8, 4) is 16.9 Å². The minimum atomic E-state index is 0.0431. The van der Waals surface area contributed by atoms with Crippen LogP contribution in [-0.2, 0) is 17.8 Å². The summed E-state index contributed by atoms with van der Waals surface area (Å²) in [5, 5.41) is 9.82. The lowest BCUT2D eigenvalue weighted by Gasteiger charge is -2.05. The Hall–Kier alpha value is -3.25. The van der Waals surface area contributed by atoms with Gasteiger partial charge in [0.15, 0.2) is 0 Å². The maximum atomic E-state index is 12.3. The number of hydrogen-bond donors (Lipinski definition) is 1. The average Bonchev–Trinajstić information content (AvgIpc) is 3.42. The number of carbonyl (C=O) groups is 1. The molecule has 1 N–H and O–H groups in total. The first-order valence-corrected chi connectivity index (χ1v) is 10.0. The van der Waals surface area contributed by atoms with E-state index in [0.29, 0.717) is 13.0 Å². The van der Waals surface area contributed by atoms with Gasteiger partial charge in [-0.1, -0.05) is 24.3 Å². The smallest absolute Gasteiger partial charge is 0.220 e. The lowest BCUT2D eigenvalue weighted by atomic mass is 10.1. The number of thiophene rings is 1. The molecule has 3 heterocycles. The maximum absolute atomic E-state index is 12.3. The molecule has 0 bridgehead atoms. The third-order valence-electron chi connectivity index (χ3n) is 4.42. The zero-order chi connectivity index (χ0) is 19.2. The number of nitrogens with one attached hydrogen (secondary N) is 1. The number of para-hydroxylation sites is 1. The summed E-state index contributed by atoms with van der Waals surface area (Å²) in [6.07, 6.45) is 6.73. The predicted molar refractivity (Wildman–Crippen MR) is 111 cm³/mol. The summed E-state index contributed by atoms with van der Waals surface area (Å²) in [7, 11) is 0. The van der Waals surface area contributed by atoms with Crippen molar-refractivity contribution in [3.05, 3.63) is 89.0 Å². The fourth-order valence-electron chi connectivity index (χ4n) is 2.98. The first kappa shape index (κ1) is 18.1. The summed E-state index contributed by atoms with van der Waals surface area (Å²) in [5.74, 6) is 0.0431. The van der Waals surface area contributed by atoms with Gasteiger partial charge in [0.2, 0.25) is 5.91 Å². The number of hydrogen-bond acceptors (Lipinski definition) is 4. The molecule has 0 spiro atoms. The van der Waals surface area contributed by atoms with Gasteiger partial charge in [0, 0.05) is 47.6 Å². The van der Waals surface area contributed by atoms with Gasteiger partial charge in [0.05, 0.1) is 11.4 Å².